The Kier molecular flexibility index (Phi) is 10.4. The number of hydrogen-bond donors (Lipinski definition) is 4. The van der Waals surface area contributed by atoms with Crippen molar-refractivity contribution >= 4 is 23.8 Å². The normalized spacial score (nSPS) is 13.0. The molecule has 0 saturated heterocycles. The Hall–Kier alpha value is -2.12. The Morgan fingerprint density at radius 2 is 1.61 bits per heavy atom. The summed E-state index contributed by atoms with van der Waals surface area (Å²) in [5, 5.41) is 22.9. The average Bonchev–Trinajstić information content (AvgIpc) is 2.50. The zero-order chi connectivity index (χ0) is 17.8. The van der Waals surface area contributed by atoms with Crippen molar-refractivity contribution in [1.82, 2.24) is 10.6 Å². The van der Waals surface area contributed by atoms with Crippen LogP contribution >= 0.6 is 0 Å². The van der Waals surface area contributed by atoms with Gasteiger partial charge in [-0.3, -0.25) is 14.4 Å². The van der Waals surface area contributed by atoms with E-state index >= 15 is 0 Å². The van der Waals surface area contributed by atoms with E-state index in [9.17, 15) is 19.2 Å². The summed E-state index contributed by atoms with van der Waals surface area (Å²) in [6.45, 7) is 3.72. The number of carbonyl (C=O) groups excluding carboxylic acids is 2. The largest absolute Gasteiger partial charge is 0.481 e. The molecule has 0 spiro atoms. The van der Waals surface area contributed by atoms with Gasteiger partial charge in [-0.15, -0.1) is 0 Å². The molecule has 0 aliphatic carbocycles. The van der Waals surface area contributed by atoms with Crippen LogP contribution in [0.2, 0.25) is 0 Å². The fourth-order valence-electron chi connectivity index (χ4n) is 1.82. The van der Waals surface area contributed by atoms with Crippen LogP contribution in [0.5, 0.6) is 0 Å². The molecule has 0 aromatic rings. The molecular weight excluding hydrogens is 304 g/mol. The molecular formula is C15H26N2O6. The van der Waals surface area contributed by atoms with Crippen molar-refractivity contribution in [2.75, 3.05) is 6.54 Å². The Morgan fingerprint density at radius 3 is 2.13 bits per heavy atom. The second-order valence-electron chi connectivity index (χ2n) is 5.44. The lowest BCUT2D eigenvalue weighted by molar-refractivity contribution is -0.143. The lowest BCUT2D eigenvalue weighted by atomic mass is 10.0. The highest BCUT2D eigenvalue weighted by atomic mass is 16.4. The summed E-state index contributed by atoms with van der Waals surface area (Å²) in [6, 6.07) is -0.996. The Bertz CT molecular complexity index is 424. The minimum Gasteiger partial charge on any atom is -0.481 e. The fraction of sp³-hybridized carbons (Fsp3) is 0.733. The van der Waals surface area contributed by atoms with E-state index in [1.54, 1.807) is 6.92 Å². The van der Waals surface area contributed by atoms with Gasteiger partial charge in [0.2, 0.25) is 11.8 Å². The number of nitrogens with one attached hydrogen (secondary N) is 2. The van der Waals surface area contributed by atoms with Crippen LogP contribution in [0, 0.1) is 5.92 Å². The molecule has 8 nitrogen and oxygen atoms in total. The summed E-state index contributed by atoms with van der Waals surface area (Å²) in [7, 11) is 0. The van der Waals surface area contributed by atoms with Crippen LogP contribution in [-0.4, -0.2) is 46.6 Å². The molecule has 2 unspecified atom stereocenters. The number of rotatable bonds is 12. The minimum atomic E-state index is -1.12. The molecule has 23 heavy (non-hydrogen) atoms. The Balaban J connectivity index is 4.06. The maximum atomic E-state index is 11.7. The number of unbranched alkanes of at least 4 members (excludes halogenated alkanes) is 1. The van der Waals surface area contributed by atoms with E-state index in [0.29, 0.717) is 25.8 Å². The molecule has 0 aliphatic heterocycles. The molecule has 2 amide bonds. The van der Waals surface area contributed by atoms with Gasteiger partial charge in [-0.1, -0.05) is 13.8 Å². The molecule has 0 bridgehead atoms. The van der Waals surface area contributed by atoms with Crippen molar-refractivity contribution < 1.29 is 29.4 Å². The zero-order valence-corrected chi connectivity index (χ0v) is 13.6. The Labute approximate surface area is 135 Å². The van der Waals surface area contributed by atoms with Crippen molar-refractivity contribution in [2.45, 2.75) is 58.4 Å². The number of carboxylic acids is 2. The third-order valence-corrected chi connectivity index (χ3v) is 3.42. The molecule has 0 aromatic carbocycles. The molecule has 4 N–H and O–H groups in total. The van der Waals surface area contributed by atoms with Gasteiger partial charge in [0.1, 0.15) is 6.04 Å². The first-order valence-corrected chi connectivity index (χ1v) is 7.79. The highest BCUT2D eigenvalue weighted by Gasteiger charge is 2.20. The van der Waals surface area contributed by atoms with Crippen LogP contribution in [-0.2, 0) is 19.2 Å². The van der Waals surface area contributed by atoms with Crippen LogP contribution in [0.25, 0.3) is 0 Å². The van der Waals surface area contributed by atoms with Gasteiger partial charge in [0, 0.05) is 19.4 Å². The Morgan fingerprint density at radius 1 is 0.957 bits per heavy atom. The number of aliphatic carboxylic acids is 2. The first-order valence-electron chi connectivity index (χ1n) is 7.79. The minimum absolute atomic E-state index is 0.0240. The second kappa shape index (κ2) is 11.4. The lowest BCUT2D eigenvalue weighted by Gasteiger charge is -2.15. The predicted molar refractivity (Wildman–Crippen MR) is 82.8 cm³/mol. The predicted octanol–water partition coefficient (Wildman–Crippen LogP) is 0.753. The summed E-state index contributed by atoms with van der Waals surface area (Å²) in [6.07, 6.45) is 1.98. The van der Waals surface area contributed by atoms with Crippen LogP contribution in [0.4, 0.5) is 0 Å². The van der Waals surface area contributed by atoms with Gasteiger partial charge in [-0.05, 0) is 25.7 Å². The molecule has 0 fully saturated rings. The van der Waals surface area contributed by atoms with Crippen molar-refractivity contribution in [2.24, 2.45) is 5.92 Å². The first-order chi connectivity index (χ1) is 10.8. The smallest absolute Gasteiger partial charge is 0.326 e. The highest BCUT2D eigenvalue weighted by Crippen LogP contribution is 2.07. The van der Waals surface area contributed by atoms with E-state index in [0.717, 1.165) is 0 Å². The van der Waals surface area contributed by atoms with E-state index in [2.05, 4.69) is 10.6 Å². The van der Waals surface area contributed by atoms with E-state index in [1.807, 2.05) is 0 Å². The standard InChI is InChI=1S/C15H26N2O6/c1-3-12(18)16-9-5-4-6-11(15(22)23)17-13(19)8-7-10(2)14(20)21/h10-11H,3-9H2,1-2H3,(H,16,18)(H,17,19)(H,20,21)(H,22,23). The lowest BCUT2D eigenvalue weighted by Crippen LogP contribution is -2.41. The third kappa shape index (κ3) is 10.3. The molecule has 0 saturated carbocycles. The van der Waals surface area contributed by atoms with Crippen LogP contribution in [0.1, 0.15) is 52.4 Å². The van der Waals surface area contributed by atoms with Crippen LogP contribution in [0.15, 0.2) is 0 Å². The zero-order valence-electron chi connectivity index (χ0n) is 13.6. The van der Waals surface area contributed by atoms with E-state index < -0.39 is 29.8 Å². The van der Waals surface area contributed by atoms with Gasteiger partial charge in [0.15, 0.2) is 0 Å². The van der Waals surface area contributed by atoms with Gasteiger partial charge in [-0.2, -0.15) is 0 Å². The van der Waals surface area contributed by atoms with Crippen molar-refractivity contribution in [3.05, 3.63) is 0 Å². The summed E-state index contributed by atoms with van der Waals surface area (Å²) < 4.78 is 0. The summed E-state index contributed by atoms with van der Waals surface area (Å²) >= 11 is 0. The molecule has 0 aliphatic rings. The SMILES string of the molecule is CCC(=O)NCCCCC(NC(=O)CCC(C)C(=O)O)C(=O)O. The molecule has 132 valence electrons. The van der Waals surface area contributed by atoms with Crippen LogP contribution in [0.3, 0.4) is 0 Å². The molecule has 2 atom stereocenters. The van der Waals surface area contributed by atoms with Gasteiger partial charge in [0.05, 0.1) is 5.92 Å². The number of amides is 2. The third-order valence-electron chi connectivity index (χ3n) is 3.42. The topological polar surface area (TPSA) is 133 Å². The number of carboxylic acid groups (broad SMARTS) is 2. The molecule has 8 heteroatoms. The van der Waals surface area contributed by atoms with E-state index in [4.69, 9.17) is 10.2 Å². The molecule has 0 rings (SSSR count). The summed E-state index contributed by atoms with van der Waals surface area (Å²) in [5.41, 5.74) is 0. The van der Waals surface area contributed by atoms with Crippen molar-refractivity contribution in [1.29, 1.82) is 0 Å². The maximum Gasteiger partial charge on any atom is 0.326 e. The first kappa shape index (κ1) is 20.9. The van der Waals surface area contributed by atoms with Crippen molar-refractivity contribution in [3.8, 4) is 0 Å². The summed E-state index contributed by atoms with van der Waals surface area (Å²) in [5.74, 6) is -3.28. The van der Waals surface area contributed by atoms with Crippen LogP contribution < -0.4 is 10.6 Å². The molecule has 0 radical (unpaired) electrons. The highest BCUT2D eigenvalue weighted by molar-refractivity contribution is 5.83. The molecule has 0 aromatic heterocycles. The van der Waals surface area contributed by atoms with Gasteiger partial charge in [-0.25, -0.2) is 4.79 Å². The quantitative estimate of drug-likeness (QED) is 0.390. The van der Waals surface area contributed by atoms with Gasteiger partial charge >= 0.3 is 11.9 Å². The second-order valence-corrected chi connectivity index (χ2v) is 5.44. The van der Waals surface area contributed by atoms with E-state index in [1.165, 1.54) is 6.92 Å². The number of hydrogen-bond acceptors (Lipinski definition) is 4. The van der Waals surface area contributed by atoms with Gasteiger partial charge < -0.3 is 20.8 Å². The fourth-order valence-corrected chi connectivity index (χ4v) is 1.82. The van der Waals surface area contributed by atoms with Crippen molar-refractivity contribution in [3.63, 3.8) is 0 Å². The van der Waals surface area contributed by atoms with Gasteiger partial charge in [0.25, 0.3) is 0 Å². The monoisotopic (exact) mass is 330 g/mol. The molecule has 0 heterocycles. The summed E-state index contributed by atoms with van der Waals surface area (Å²) in [4.78, 5) is 44.5. The maximum absolute atomic E-state index is 11.7. The number of carbonyl (C=O) groups is 4. The average molecular weight is 330 g/mol. The van der Waals surface area contributed by atoms with E-state index in [-0.39, 0.29) is 25.2 Å².